The summed E-state index contributed by atoms with van der Waals surface area (Å²) in [6.07, 6.45) is 1.89. The lowest BCUT2D eigenvalue weighted by Gasteiger charge is -2.11. The van der Waals surface area contributed by atoms with Gasteiger partial charge in [0.15, 0.2) is 0 Å². The Kier molecular flexibility index (Phi) is 3.18. The molecule has 82 valence electrons. The summed E-state index contributed by atoms with van der Waals surface area (Å²) in [5.41, 5.74) is 1.08. The minimum absolute atomic E-state index is 0.0554. The first-order valence-electron chi connectivity index (χ1n) is 5.34. The largest absolute Gasteiger partial charge is 0.324 e. The number of carbonyl (C=O) groups is 1. The van der Waals surface area contributed by atoms with E-state index in [0.717, 1.165) is 19.4 Å². The molecule has 0 bridgehead atoms. The highest BCUT2D eigenvalue weighted by Gasteiger charge is 2.22. The molecule has 0 radical (unpaired) electrons. The quantitative estimate of drug-likeness (QED) is 0.780. The van der Waals surface area contributed by atoms with Crippen molar-refractivity contribution in [2.45, 2.75) is 18.9 Å². The zero-order chi connectivity index (χ0) is 11.4. The number of para-hydroxylation sites is 1. The highest BCUT2D eigenvalue weighted by atomic mass is 16.2. The van der Waals surface area contributed by atoms with Crippen LogP contribution in [0, 0.1) is 11.3 Å². The molecule has 0 aliphatic carbocycles. The first-order chi connectivity index (χ1) is 7.81. The van der Waals surface area contributed by atoms with Crippen molar-refractivity contribution in [2.75, 3.05) is 11.9 Å². The van der Waals surface area contributed by atoms with Gasteiger partial charge in [0.05, 0.1) is 17.3 Å². The van der Waals surface area contributed by atoms with Crippen LogP contribution in [-0.4, -0.2) is 18.5 Å². The minimum Gasteiger partial charge on any atom is -0.324 e. The van der Waals surface area contributed by atoms with E-state index in [1.54, 1.807) is 24.3 Å². The molecular formula is C12H13N3O. The van der Waals surface area contributed by atoms with E-state index >= 15 is 0 Å². The second-order valence-electron chi connectivity index (χ2n) is 3.80. The maximum atomic E-state index is 11.8. The fourth-order valence-electron chi connectivity index (χ4n) is 1.82. The van der Waals surface area contributed by atoms with Gasteiger partial charge in [-0.2, -0.15) is 5.26 Å². The van der Waals surface area contributed by atoms with Crippen molar-refractivity contribution in [1.29, 1.82) is 5.26 Å². The summed E-state index contributed by atoms with van der Waals surface area (Å²) < 4.78 is 0. The number of hydrogen-bond acceptors (Lipinski definition) is 3. The Morgan fingerprint density at radius 2 is 2.31 bits per heavy atom. The molecule has 1 aromatic rings. The average Bonchev–Trinajstić information content (AvgIpc) is 2.83. The lowest BCUT2D eigenvalue weighted by Crippen LogP contribution is -2.35. The number of nitrogens with one attached hydrogen (secondary N) is 2. The highest BCUT2D eigenvalue weighted by molar-refractivity contribution is 5.96. The normalized spacial score (nSPS) is 19.1. The Morgan fingerprint density at radius 1 is 1.50 bits per heavy atom. The maximum absolute atomic E-state index is 11.8. The zero-order valence-electron chi connectivity index (χ0n) is 8.86. The van der Waals surface area contributed by atoms with Crippen LogP contribution in [0.15, 0.2) is 24.3 Å². The molecule has 1 aliphatic rings. The third kappa shape index (κ3) is 2.20. The third-order valence-electron chi connectivity index (χ3n) is 2.68. The monoisotopic (exact) mass is 215 g/mol. The maximum Gasteiger partial charge on any atom is 0.241 e. The second-order valence-corrected chi connectivity index (χ2v) is 3.80. The van der Waals surface area contributed by atoms with E-state index in [4.69, 9.17) is 5.26 Å². The summed E-state index contributed by atoms with van der Waals surface area (Å²) in [6, 6.07) is 8.96. The first-order valence-corrected chi connectivity index (χ1v) is 5.34. The fourth-order valence-corrected chi connectivity index (χ4v) is 1.82. The van der Waals surface area contributed by atoms with Crippen LogP contribution in [0.25, 0.3) is 0 Å². The summed E-state index contributed by atoms with van der Waals surface area (Å²) in [7, 11) is 0. The van der Waals surface area contributed by atoms with Crippen molar-refractivity contribution in [1.82, 2.24) is 5.32 Å². The highest BCUT2D eigenvalue weighted by Crippen LogP contribution is 2.15. The van der Waals surface area contributed by atoms with Gasteiger partial charge in [-0.05, 0) is 31.5 Å². The van der Waals surface area contributed by atoms with E-state index in [9.17, 15) is 4.79 Å². The van der Waals surface area contributed by atoms with Gasteiger partial charge in [0, 0.05) is 0 Å². The van der Waals surface area contributed by atoms with Gasteiger partial charge in [0.25, 0.3) is 0 Å². The molecule has 1 amide bonds. The Bertz CT molecular complexity index is 430. The van der Waals surface area contributed by atoms with Crippen molar-refractivity contribution in [2.24, 2.45) is 0 Å². The smallest absolute Gasteiger partial charge is 0.241 e. The predicted molar refractivity (Wildman–Crippen MR) is 60.8 cm³/mol. The van der Waals surface area contributed by atoms with E-state index < -0.39 is 0 Å². The van der Waals surface area contributed by atoms with Crippen LogP contribution in [0.2, 0.25) is 0 Å². The van der Waals surface area contributed by atoms with Crippen LogP contribution in [-0.2, 0) is 4.79 Å². The average molecular weight is 215 g/mol. The number of benzene rings is 1. The van der Waals surface area contributed by atoms with Gasteiger partial charge < -0.3 is 10.6 Å². The van der Waals surface area contributed by atoms with Gasteiger partial charge >= 0.3 is 0 Å². The standard InChI is InChI=1S/C12H13N3O/c13-8-9-4-1-2-5-10(9)15-12(16)11-6-3-7-14-11/h1-2,4-5,11,14H,3,6-7H2,(H,15,16)/t11-/m1/s1. The topological polar surface area (TPSA) is 64.9 Å². The van der Waals surface area contributed by atoms with Crippen LogP contribution in [0.4, 0.5) is 5.69 Å². The Morgan fingerprint density at radius 3 is 3.00 bits per heavy atom. The van der Waals surface area contributed by atoms with Crippen molar-refractivity contribution in [3.05, 3.63) is 29.8 Å². The summed E-state index contributed by atoms with van der Waals surface area (Å²) in [6.45, 7) is 0.887. The summed E-state index contributed by atoms with van der Waals surface area (Å²) in [5, 5.41) is 14.8. The number of amides is 1. The van der Waals surface area contributed by atoms with E-state index in [1.807, 2.05) is 0 Å². The molecule has 1 saturated heterocycles. The number of nitriles is 1. The lowest BCUT2D eigenvalue weighted by molar-refractivity contribution is -0.117. The molecule has 2 rings (SSSR count). The molecule has 1 aromatic carbocycles. The summed E-state index contributed by atoms with van der Waals surface area (Å²) in [5.74, 6) is -0.0554. The molecule has 0 unspecified atom stereocenters. The van der Waals surface area contributed by atoms with Gasteiger partial charge in [0.1, 0.15) is 6.07 Å². The van der Waals surface area contributed by atoms with Gasteiger partial charge in [-0.1, -0.05) is 12.1 Å². The molecule has 1 fully saturated rings. The molecule has 1 atom stereocenters. The SMILES string of the molecule is N#Cc1ccccc1NC(=O)[C@H]1CCCN1. The van der Waals surface area contributed by atoms with Gasteiger partial charge in [0.2, 0.25) is 5.91 Å². The number of carbonyl (C=O) groups excluding carboxylic acids is 1. The fraction of sp³-hybridized carbons (Fsp3) is 0.333. The number of rotatable bonds is 2. The molecule has 4 nitrogen and oxygen atoms in total. The number of nitrogens with zero attached hydrogens (tertiary/aromatic N) is 1. The molecule has 1 heterocycles. The van der Waals surface area contributed by atoms with E-state index in [0.29, 0.717) is 11.3 Å². The lowest BCUT2D eigenvalue weighted by atomic mass is 10.1. The molecule has 1 aliphatic heterocycles. The number of hydrogen-bond donors (Lipinski definition) is 2. The van der Waals surface area contributed by atoms with Crippen molar-refractivity contribution in [3.63, 3.8) is 0 Å². The number of anilines is 1. The van der Waals surface area contributed by atoms with Gasteiger partial charge in [-0.25, -0.2) is 0 Å². The molecule has 0 saturated carbocycles. The van der Waals surface area contributed by atoms with Gasteiger partial charge in [-0.15, -0.1) is 0 Å². The zero-order valence-corrected chi connectivity index (χ0v) is 8.86. The predicted octanol–water partition coefficient (Wildman–Crippen LogP) is 1.25. The first kappa shape index (κ1) is 10.7. The van der Waals surface area contributed by atoms with Crippen molar-refractivity contribution in [3.8, 4) is 6.07 Å². The van der Waals surface area contributed by atoms with Crippen LogP contribution in [0.1, 0.15) is 18.4 Å². The molecule has 16 heavy (non-hydrogen) atoms. The summed E-state index contributed by atoms with van der Waals surface area (Å²) in [4.78, 5) is 11.8. The van der Waals surface area contributed by atoms with E-state index in [-0.39, 0.29) is 11.9 Å². The van der Waals surface area contributed by atoms with E-state index in [1.165, 1.54) is 0 Å². The molecule has 4 heteroatoms. The molecule has 2 N–H and O–H groups in total. The molecular weight excluding hydrogens is 202 g/mol. The Balaban J connectivity index is 2.08. The minimum atomic E-state index is -0.119. The molecule has 0 aromatic heterocycles. The molecule has 0 spiro atoms. The summed E-state index contributed by atoms with van der Waals surface area (Å²) >= 11 is 0. The van der Waals surface area contributed by atoms with Crippen LogP contribution < -0.4 is 10.6 Å². The van der Waals surface area contributed by atoms with E-state index in [2.05, 4.69) is 16.7 Å². The van der Waals surface area contributed by atoms with Crippen LogP contribution in [0.3, 0.4) is 0 Å². The third-order valence-corrected chi connectivity index (χ3v) is 2.68. The Hall–Kier alpha value is -1.86. The van der Waals surface area contributed by atoms with Crippen molar-refractivity contribution >= 4 is 11.6 Å². The Labute approximate surface area is 94.3 Å². The van der Waals surface area contributed by atoms with Gasteiger partial charge in [-0.3, -0.25) is 4.79 Å². The second kappa shape index (κ2) is 4.77. The van der Waals surface area contributed by atoms with Crippen LogP contribution in [0.5, 0.6) is 0 Å². The van der Waals surface area contributed by atoms with Crippen molar-refractivity contribution < 1.29 is 4.79 Å². The van der Waals surface area contributed by atoms with Crippen LogP contribution >= 0.6 is 0 Å².